The zero-order valence-electron chi connectivity index (χ0n) is 19.5. The van der Waals surface area contributed by atoms with Crippen molar-refractivity contribution in [3.63, 3.8) is 0 Å². The maximum absolute atomic E-state index is 13.5. The van der Waals surface area contributed by atoms with Crippen LogP contribution in [0, 0.1) is 0 Å². The van der Waals surface area contributed by atoms with Crippen molar-refractivity contribution < 1.29 is 9.59 Å². The average Bonchev–Trinajstić information content (AvgIpc) is 2.88. The highest BCUT2D eigenvalue weighted by atomic mass is 35.5. The van der Waals surface area contributed by atoms with Crippen molar-refractivity contribution in [3.05, 3.63) is 101 Å². The fraction of sp³-hybridized carbons (Fsp3) is 0.286. The Labute approximate surface area is 206 Å². The van der Waals surface area contributed by atoms with E-state index in [1.807, 2.05) is 52.3 Å². The molecule has 0 N–H and O–H groups in total. The average molecular weight is 476 g/mol. The zero-order chi connectivity index (χ0) is 23.9. The highest BCUT2D eigenvalue weighted by Crippen LogP contribution is 2.25. The van der Waals surface area contributed by atoms with Gasteiger partial charge in [0.25, 0.3) is 5.91 Å². The molecular formula is C28H30ClN3O2. The number of fused-ring (bicyclic) bond motifs is 1. The summed E-state index contributed by atoms with van der Waals surface area (Å²) in [5.74, 6) is -0.0309. The van der Waals surface area contributed by atoms with Gasteiger partial charge in [-0.2, -0.15) is 0 Å². The van der Waals surface area contributed by atoms with E-state index < -0.39 is 0 Å². The molecule has 0 fully saturated rings. The second-order valence-corrected chi connectivity index (χ2v) is 9.08. The van der Waals surface area contributed by atoms with Crippen molar-refractivity contribution in [2.45, 2.75) is 26.4 Å². The minimum Gasteiger partial charge on any atom is -0.333 e. The zero-order valence-corrected chi connectivity index (χ0v) is 20.2. The monoisotopic (exact) mass is 475 g/mol. The number of benzene rings is 3. The van der Waals surface area contributed by atoms with Gasteiger partial charge in [0.05, 0.1) is 0 Å². The van der Waals surface area contributed by atoms with Gasteiger partial charge in [0.15, 0.2) is 0 Å². The van der Waals surface area contributed by atoms with Crippen LogP contribution in [-0.4, -0.2) is 47.8 Å². The molecule has 0 atom stereocenters. The number of hydrogen-bond donors (Lipinski definition) is 0. The predicted octanol–water partition coefficient (Wildman–Crippen LogP) is 5.24. The molecule has 176 valence electrons. The predicted molar refractivity (Wildman–Crippen MR) is 137 cm³/mol. The lowest BCUT2D eigenvalue weighted by molar-refractivity contribution is -0.116. The molecule has 0 unspecified atom stereocenters. The lowest BCUT2D eigenvalue weighted by Gasteiger charge is -2.28. The Morgan fingerprint density at radius 1 is 0.824 bits per heavy atom. The fourth-order valence-corrected chi connectivity index (χ4v) is 4.54. The number of hydrogen-bond acceptors (Lipinski definition) is 3. The topological polar surface area (TPSA) is 43.9 Å². The van der Waals surface area contributed by atoms with Crippen LogP contribution in [0.2, 0.25) is 5.02 Å². The fourth-order valence-electron chi connectivity index (χ4n) is 4.41. The molecule has 0 bridgehead atoms. The Morgan fingerprint density at radius 2 is 1.53 bits per heavy atom. The van der Waals surface area contributed by atoms with Gasteiger partial charge in [-0.1, -0.05) is 60.1 Å². The molecular weight excluding hydrogens is 446 g/mol. The summed E-state index contributed by atoms with van der Waals surface area (Å²) in [7, 11) is 0. The number of halogens is 1. The Hall–Kier alpha value is -3.15. The number of nitrogens with zero attached hydrogens (tertiary/aromatic N) is 3. The molecule has 1 heterocycles. The van der Waals surface area contributed by atoms with Crippen molar-refractivity contribution in [1.82, 2.24) is 9.80 Å². The Bertz CT molecular complexity index is 1120. The minimum atomic E-state index is -0.0419. The lowest BCUT2D eigenvalue weighted by atomic mass is 10.1. The SMILES string of the molecule is CC(=O)N1CCCN(Cc2ccccc2)CCN(C(=O)c2ccc(Cl)cc2)Cc2ccccc21. The van der Waals surface area contributed by atoms with E-state index >= 15 is 0 Å². The van der Waals surface area contributed by atoms with E-state index in [9.17, 15) is 9.59 Å². The highest BCUT2D eigenvalue weighted by Gasteiger charge is 2.23. The van der Waals surface area contributed by atoms with Gasteiger partial charge in [-0.15, -0.1) is 0 Å². The molecule has 1 aliphatic rings. The number of carbonyl (C=O) groups is 2. The van der Waals surface area contributed by atoms with Gasteiger partial charge in [0.1, 0.15) is 0 Å². The van der Waals surface area contributed by atoms with Crippen LogP contribution in [-0.2, 0) is 17.9 Å². The third-order valence-electron chi connectivity index (χ3n) is 6.19. The van der Waals surface area contributed by atoms with Crippen molar-refractivity contribution in [1.29, 1.82) is 0 Å². The summed E-state index contributed by atoms with van der Waals surface area (Å²) in [6.07, 6.45) is 0.853. The summed E-state index contributed by atoms with van der Waals surface area (Å²) in [5.41, 5.74) is 3.69. The molecule has 1 aliphatic heterocycles. The van der Waals surface area contributed by atoms with E-state index in [1.54, 1.807) is 31.2 Å². The minimum absolute atomic E-state index is 0.0110. The van der Waals surface area contributed by atoms with Crippen LogP contribution < -0.4 is 4.90 Å². The van der Waals surface area contributed by atoms with Gasteiger partial charge in [0, 0.05) is 62.5 Å². The molecule has 4 rings (SSSR count). The van der Waals surface area contributed by atoms with Crippen LogP contribution in [0.1, 0.15) is 34.8 Å². The summed E-state index contributed by atoms with van der Waals surface area (Å²) >= 11 is 6.05. The molecule has 2 amide bonds. The molecule has 34 heavy (non-hydrogen) atoms. The molecule has 0 aromatic heterocycles. The van der Waals surface area contributed by atoms with E-state index in [0.717, 1.165) is 37.3 Å². The van der Waals surface area contributed by atoms with Crippen LogP contribution in [0.5, 0.6) is 0 Å². The Kier molecular flexibility index (Phi) is 7.99. The summed E-state index contributed by atoms with van der Waals surface area (Å²) in [6, 6.07) is 25.3. The number of carbonyl (C=O) groups excluding carboxylic acids is 2. The summed E-state index contributed by atoms with van der Waals surface area (Å²) in [5, 5.41) is 0.602. The highest BCUT2D eigenvalue weighted by molar-refractivity contribution is 6.30. The molecule has 0 aliphatic carbocycles. The molecule has 3 aromatic carbocycles. The van der Waals surface area contributed by atoms with E-state index in [2.05, 4.69) is 17.0 Å². The first-order valence-electron chi connectivity index (χ1n) is 11.7. The van der Waals surface area contributed by atoms with Crippen molar-refractivity contribution >= 4 is 29.1 Å². The third-order valence-corrected chi connectivity index (χ3v) is 6.45. The summed E-state index contributed by atoms with van der Waals surface area (Å²) in [6.45, 7) is 5.65. The quantitative estimate of drug-likeness (QED) is 0.520. The van der Waals surface area contributed by atoms with Gasteiger partial charge < -0.3 is 9.80 Å². The van der Waals surface area contributed by atoms with E-state index in [1.165, 1.54) is 5.56 Å². The first kappa shape index (κ1) is 24.0. The summed E-state index contributed by atoms with van der Waals surface area (Å²) < 4.78 is 0. The molecule has 0 saturated heterocycles. The van der Waals surface area contributed by atoms with Crippen LogP contribution in [0.25, 0.3) is 0 Å². The molecule has 0 saturated carbocycles. The van der Waals surface area contributed by atoms with Crippen molar-refractivity contribution in [3.8, 4) is 0 Å². The van der Waals surface area contributed by atoms with E-state index in [-0.39, 0.29) is 11.8 Å². The van der Waals surface area contributed by atoms with Crippen molar-refractivity contribution in [2.24, 2.45) is 0 Å². The van der Waals surface area contributed by atoms with Crippen LogP contribution >= 0.6 is 11.6 Å². The largest absolute Gasteiger partial charge is 0.333 e. The van der Waals surface area contributed by atoms with Gasteiger partial charge in [0.2, 0.25) is 5.91 Å². The first-order valence-corrected chi connectivity index (χ1v) is 12.1. The molecule has 3 aromatic rings. The van der Waals surface area contributed by atoms with Crippen LogP contribution in [0.4, 0.5) is 5.69 Å². The van der Waals surface area contributed by atoms with E-state index in [4.69, 9.17) is 11.6 Å². The lowest BCUT2D eigenvalue weighted by Crippen LogP contribution is -2.38. The number of anilines is 1. The van der Waals surface area contributed by atoms with Crippen LogP contribution in [0.3, 0.4) is 0 Å². The molecule has 5 nitrogen and oxygen atoms in total. The smallest absolute Gasteiger partial charge is 0.254 e. The van der Waals surface area contributed by atoms with Gasteiger partial charge in [-0.05, 0) is 47.9 Å². The second-order valence-electron chi connectivity index (χ2n) is 8.65. The molecule has 6 heteroatoms. The first-order chi connectivity index (χ1) is 16.5. The van der Waals surface area contributed by atoms with Crippen molar-refractivity contribution in [2.75, 3.05) is 31.1 Å². The number of amides is 2. The normalized spacial score (nSPS) is 15.4. The third kappa shape index (κ3) is 6.04. The Morgan fingerprint density at radius 3 is 2.26 bits per heavy atom. The molecule has 0 spiro atoms. The maximum Gasteiger partial charge on any atom is 0.254 e. The Balaban J connectivity index is 1.66. The standard InChI is InChI=1S/C28H30ClN3O2/c1-22(33)32-17-7-16-30(20-23-8-3-2-4-9-23)18-19-31(21-25-10-5-6-11-27(25)32)28(34)24-12-14-26(29)15-13-24/h2-6,8-15H,7,16-21H2,1H3. The van der Waals surface area contributed by atoms with Gasteiger partial charge in [-0.25, -0.2) is 0 Å². The molecule has 0 radical (unpaired) electrons. The maximum atomic E-state index is 13.5. The van der Waals surface area contributed by atoms with E-state index in [0.29, 0.717) is 30.2 Å². The second kappa shape index (κ2) is 11.3. The van der Waals surface area contributed by atoms with Gasteiger partial charge >= 0.3 is 0 Å². The van der Waals surface area contributed by atoms with Crippen LogP contribution in [0.15, 0.2) is 78.9 Å². The summed E-state index contributed by atoms with van der Waals surface area (Å²) in [4.78, 5) is 32.2. The van der Waals surface area contributed by atoms with Gasteiger partial charge in [-0.3, -0.25) is 14.5 Å². The number of para-hydroxylation sites is 1. The number of rotatable bonds is 3.